The number of nitrogens with one attached hydrogen (secondary N) is 1. The molecule has 1 atom stereocenters. The van der Waals surface area contributed by atoms with Crippen LogP contribution in [0.15, 0.2) is 29.8 Å². The number of carbonyl (C=O) groups is 2. The Morgan fingerprint density at radius 3 is 2.95 bits per heavy atom. The van der Waals surface area contributed by atoms with Crippen LogP contribution in [0.2, 0.25) is 5.02 Å². The van der Waals surface area contributed by atoms with Gasteiger partial charge in [0.25, 0.3) is 0 Å². The number of methoxy groups -OCH3 is 1. The quantitative estimate of drug-likeness (QED) is 0.924. The molecule has 2 rings (SSSR count). The van der Waals surface area contributed by atoms with E-state index in [0.29, 0.717) is 22.2 Å². The highest BCUT2D eigenvalue weighted by Gasteiger charge is 2.26. The zero-order valence-corrected chi connectivity index (χ0v) is 13.2. The lowest BCUT2D eigenvalue weighted by atomic mass is 10.2. The van der Waals surface area contributed by atoms with Crippen LogP contribution in [-0.4, -0.2) is 35.6 Å². The number of nitrogens with zero attached hydrogens (tertiary/aromatic N) is 1. The summed E-state index contributed by atoms with van der Waals surface area (Å²) in [6, 6.07) is 4.34. The Bertz CT molecular complexity index is 592. The van der Waals surface area contributed by atoms with Gasteiger partial charge in [-0.2, -0.15) is 0 Å². The Morgan fingerprint density at radius 1 is 1.52 bits per heavy atom. The number of hydrogen-bond acceptors (Lipinski definition) is 4. The van der Waals surface area contributed by atoms with Crippen molar-refractivity contribution in [3.05, 3.63) is 34.8 Å². The molecule has 0 radical (unpaired) electrons. The highest BCUT2D eigenvalue weighted by Crippen LogP contribution is 2.28. The lowest BCUT2D eigenvalue weighted by Gasteiger charge is -2.27. The molecule has 0 saturated heterocycles. The van der Waals surface area contributed by atoms with Crippen LogP contribution in [-0.2, 0) is 9.59 Å². The average molecular weight is 327 g/mol. The molecular weight excluding hydrogens is 312 g/mol. The molecule has 0 aliphatic carbocycles. The summed E-state index contributed by atoms with van der Waals surface area (Å²) in [5, 5.41) is 5.02. The van der Waals surface area contributed by atoms with Crippen LogP contribution in [0.25, 0.3) is 0 Å². The van der Waals surface area contributed by atoms with Gasteiger partial charge in [0.05, 0.1) is 18.6 Å². The van der Waals surface area contributed by atoms with E-state index in [9.17, 15) is 9.59 Å². The predicted octanol–water partition coefficient (Wildman–Crippen LogP) is 2.72. The van der Waals surface area contributed by atoms with Crippen LogP contribution < -0.4 is 10.1 Å². The molecule has 1 heterocycles. The topological polar surface area (TPSA) is 58.6 Å². The molecule has 112 valence electrons. The number of halogens is 1. The van der Waals surface area contributed by atoms with Gasteiger partial charge in [0.1, 0.15) is 11.8 Å². The third-order valence-corrected chi connectivity index (χ3v) is 3.99. The molecule has 1 aromatic rings. The molecule has 0 fully saturated rings. The van der Waals surface area contributed by atoms with Crippen molar-refractivity contribution in [2.24, 2.45) is 0 Å². The summed E-state index contributed by atoms with van der Waals surface area (Å²) in [6.45, 7) is 1.67. The highest BCUT2D eigenvalue weighted by molar-refractivity contribution is 8.02. The fraction of sp³-hybridized carbons (Fsp3) is 0.286. The first-order chi connectivity index (χ1) is 10.0. The minimum Gasteiger partial charge on any atom is -0.495 e. The molecule has 0 spiro atoms. The van der Waals surface area contributed by atoms with E-state index in [1.807, 2.05) is 0 Å². The van der Waals surface area contributed by atoms with E-state index in [0.717, 1.165) is 0 Å². The van der Waals surface area contributed by atoms with E-state index in [-0.39, 0.29) is 11.8 Å². The molecule has 1 N–H and O–H groups in total. The summed E-state index contributed by atoms with van der Waals surface area (Å²) in [4.78, 5) is 25.5. The highest BCUT2D eigenvalue weighted by atomic mass is 35.5. The van der Waals surface area contributed by atoms with Gasteiger partial charge in [-0.25, -0.2) is 0 Å². The number of ether oxygens (including phenoxy) is 1. The average Bonchev–Trinajstić information content (AvgIpc) is 2.47. The van der Waals surface area contributed by atoms with E-state index in [1.165, 1.54) is 23.8 Å². The lowest BCUT2D eigenvalue weighted by molar-refractivity contribution is -0.133. The molecule has 0 saturated carbocycles. The maximum Gasteiger partial charge on any atom is 0.247 e. The van der Waals surface area contributed by atoms with Gasteiger partial charge in [-0.05, 0) is 30.5 Å². The van der Waals surface area contributed by atoms with Crippen LogP contribution >= 0.6 is 23.4 Å². The smallest absolute Gasteiger partial charge is 0.247 e. The minimum absolute atomic E-state index is 0.0943. The van der Waals surface area contributed by atoms with Gasteiger partial charge in [-0.1, -0.05) is 11.6 Å². The normalized spacial score (nSPS) is 15.8. The third-order valence-electron chi connectivity index (χ3n) is 3.03. The van der Waals surface area contributed by atoms with Gasteiger partial charge in [0.15, 0.2) is 0 Å². The Morgan fingerprint density at radius 2 is 2.29 bits per heavy atom. The molecule has 1 aliphatic heterocycles. The van der Waals surface area contributed by atoms with Crippen LogP contribution in [0.4, 0.5) is 5.69 Å². The first-order valence-electron chi connectivity index (χ1n) is 6.26. The number of thioether (sulfide) groups is 1. The Kier molecular flexibility index (Phi) is 5.14. The fourth-order valence-electron chi connectivity index (χ4n) is 1.87. The van der Waals surface area contributed by atoms with E-state index >= 15 is 0 Å². The van der Waals surface area contributed by atoms with Gasteiger partial charge < -0.3 is 15.0 Å². The predicted molar refractivity (Wildman–Crippen MR) is 84.5 cm³/mol. The van der Waals surface area contributed by atoms with E-state index in [2.05, 4.69) is 5.32 Å². The number of benzene rings is 1. The molecule has 0 bridgehead atoms. The molecular formula is C14H15ClN2O3S. The maximum atomic E-state index is 12.3. The van der Waals surface area contributed by atoms with Crippen LogP contribution in [0.5, 0.6) is 5.75 Å². The maximum absolute atomic E-state index is 12.3. The second kappa shape index (κ2) is 6.87. The summed E-state index contributed by atoms with van der Waals surface area (Å²) in [5.41, 5.74) is 0.477. The van der Waals surface area contributed by atoms with Crippen molar-refractivity contribution in [3.8, 4) is 5.75 Å². The van der Waals surface area contributed by atoms with Crippen LogP contribution in [0.1, 0.15) is 6.92 Å². The summed E-state index contributed by atoms with van der Waals surface area (Å²) < 4.78 is 5.18. The van der Waals surface area contributed by atoms with Crippen LogP contribution in [0, 0.1) is 0 Å². The van der Waals surface area contributed by atoms with E-state index in [1.54, 1.807) is 36.7 Å². The molecule has 0 aromatic heterocycles. The SMILES string of the molecule is COc1ccc(Cl)cc1NC(=O)C(C)N1C=CSCC1=O. The number of amides is 2. The fourth-order valence-corrected chi connectivity index (χ4v) is 2.65. The zero-order valence-electron chi connectivity index (χ0n) is 11.6. The Labute approximate surface area is 132 Å². The second-order valence-corrected chi connectivity index (χ2v) is 5.74. The van der Waals surface area contributed by atoms with Gasteiger partial charge >= 0.3 is 0 Å². The molecule has 1 unspecified atom stereocenters. The Balaban J connectivity index is 2.14. The zero-order chi connectivity index (χ0) is 15.4. The van der Waals surface area contributed by atoms with Crippen molar-refractivity contribution in [2.45, 2.75) is 13.0 Å². The summed E-state index contributed by atoms with van der Waals surface area (Å²) in [5.74, 6) is 0.453. The molecule has 21 heavy (non-hydrogen) atoms. The number of hydrogen-bond donors (Lipinski definition) is 1. The van der Waals surface area contributed by atoms with Crippen molar-refractivity contribution in [2.75, 3.05) is 18.2 Å². The Hall–Kier alpha value is -1.66. The molecule has 1 aromatic carbocycles. The van der Waals surface area contributed by atoms with E-state index < -0.39 is 6.04 Å². The third kappa shape index (κ3) is 3.71. The van der Waals surface area contributed by atoms with Gasteiger partial charge in [0, 0.05) is 11.2 Å². The number of carbonyl (C=O) groups excluding carboxylic acids is 2. The first kappa shape index (κ1) is 15.7. The van der Waals surface area contributed by atoms with Gasteiger partial charge in [-0.15, -0.1) is 11.8 Å². The van der Waals surface area contributed by atoms with E-state index in [4.69, 9.17) is 16.3 Å². The van der Waals surface area contributed by atoms with Crippen molar-refractivity contribution < 1.29 is 14.3 Å². The van der Waals surface area contributed by atoms with Crippen molar-refractivity contribution in [3.63, 3.8) is 0 Å². The van der Waals surface area contributed by atoms with Gasteiger partial charge in [0.2, 0.25) is 11.8 Å². The summed E-state index contributed by atoms with van der Waals surface area (Å²) in [7, 11) is 1.51. The minimum atomic E-state index is -0.613. The summed E-state index contributed by atoms with van der Waals surface area (Å²) in [6.07, 6.45) is 1.62. The van der Waals surface area contributed by atoms with Crippen molar-refractivity contribution in [1.29, 1.82) is 0 Å². The monoisotopic (exact) mass is 326 g/mol. The van der Waals surface area contributed by atoms with Crippen molar-refractivity contribution >= 4 is 40.9 Å². The second-order valence-electron chi connectivity index (χ2n) is 4.41. The molecule has 1 aliphatic rings. The number of anilines is 1. The number of rotatable bonds is 4. The van der Waals surface area contributed by atoms with Crippen LogP contribution in [0.3, 0.4) is 0 Å². The van der Waals surface area contributed by atoms with Gasteiger partial charge in [-0.3, -0.25) is 9.59 Å². The molecule has 2 amide bonds. The molecule has 5 nitrogen and oxygen atoms in total. The first-order valence-corrected chi connectivity index (χ1v) is 7.69. The molecule has 7 heteroatoms. The van der Waals surface area contributed by atoms with Crippen molar-refractivity contribution in [1.82, 2.24) is 4.90 Å². The summed E-state index contributed by atoms with van der Waals surface area (Å²) >= 11 is 7.33. The standard InChI is InChI=1S/C14H15ClN2O3S/c1-9(17-5-6-21-8-13(17)18)14(19)16-11-7-10(15)3-4-12(11)20-2/h3-7,9H,8H2,1-2H3,(H,16,19). The lowest BCUT2D eigenvalue weighted by Crippen LogP contribution is -2.44. The largest absolute Gasteiger partial charge is 0.495 e.